The van der Waals surface area contributed by atoms with Crippen LogP contribution in [0.25, 0.3) is 0 Å². The normalized spacial score (nSPS) is 9.79. The van der Waals surface area contributed by atoms with Crippen LogP contribution in [0, 0.1) is 5.41 Å². The van der Waals surface area contributed by atoms with Gasteiger partial charge in [-0.05, 0) is 17.5 Å². The molecule has 74 valence electrons. The van der Waals surface area contributed by atoms with Crippen molar-refractivity contribution in [2.24, 2.45) is 0 Å². The van der Waals surface area contributed by atoms with Crippen LogP contribution in [0.5, 0.6) is 0 Å². The third-order valence-corrected chi connectivity index (χ3v) is 2.16. The van der Waals surface area contributed by atoms with Gasteiger partial charge in [0.25, 0.3) is 0 Å². The van der Waals surface area contributed by atoms with Gasteiger partial charge in [-0.2, -0.15) is 0 Å². The van der Waals surface area contributed by atoms with Crippen molar-refractivity contribution in [1.82, 2.24) is 0 Å². The standard InChI is InChI=1S/C12H15NO/c1-2-10-3-5-11(6-4-10)9-12(14)7-8-13/h3-6,8,13H,2,7,9H2,1H3. The highest BCUT2D eigenvalue weighted by Gasteiger charge is 2.01. The summed E-state index contributed by atoms with van der Waals surface area (Å²) in [6, 6.07) is 8.07. The first-order chi connectivity index (χ1) is 6.76. The van der Waals surface area contributed by atoms with Gasteiger partial charge in [0.2, 0.25) is 0 Å². The Hall–Kier alpha value is -1.44. The van der Waals surface area contributed by atoms with Crippen molar-refractivity contribution in [3.8, 4) is 0 Å². The quantitative estimate of drug-likeness (QED) is 0.710. The Morgan fingerprint density at radius 2 is 1.86 bits per heavy atom. The van der Waals surface area contributed by atoms with E-state index in [1.54, 1.807) is 0 Å². The van der Waals surface area contributed by atoms with Gasteiger partial charge in [-0.15, -0.1) is 0 Å². The summed E-state index contributed by atoms with van der Waals surface area (Å²) >= 11 is 0. The SMILES string of the molecule is CCc1ccc(CC(=O)CC=N)cc1. The molecule has 2 heteroatoms. The molecule has 1 aromatic carbocycles. The predicted molar refractivity (Wildman–Crippen MR) is 57.9 cm³/mol. The maximum absolute atomic E-state index is 11.2. The molecule has 0 atom stereocenters. The molecule has 0 saturated heterocycles. The Bertz CT molecular complexity index is 314. The highest BCUT2D eigenvalue weighted by atomic mass is 16.1. The minimum atomic E-state index is 0.101. The molecule has 0 aliphatic carbocycles. The van der Waals surface area contributed by atoms with Crippen LogP contribution in [0.3, 0.4) is 0 Å². The first-order valence-electron chi connectivity index (χ1n) is 4.84. The van der Waals surface area contributed by atoms with E-state index in [1.165, 1.54) is 5.56 Å². The zero-order chi connectivity index (χ0) is 10.4. The number of hydrogen-bond acceptors (Lipinski definition) is 2. The molecule has 0 aliphatic heterocycles. The summed E-state index contributed by atoms with van der Waals surface area (Å²) in [6.45, 7) is 2.11. The molecule has 0 radical (unpaired) electrons. The second kappa shape index (κ2) is 5.32. The van der Waals surface area contributed by atoms with Gasteiger partial charge in [0.1, 0.15) is 5.78 Å². The van der Waals surface area contributed by atoms with Crippen LogP contribution in [0.2, 0.25) is 0 Å². The van der Waals surface area contributed by atoms with Gasteiger partial charge in [-0.25, -0.2) is 0 Å². The minimum absolute atomic E-state index is 0.101. The lowest BCUT2D eigenvalue weighted by Gasteiger charge is -2.00. The van der Waals surface area contributed by atoms with Crippen LogP contribution >= 0.6 is 0 Å². The van der Waals surface area contributed by atoms with Gasteiger partial charge < -0.3 is 5.41 Å². The molecule has 0 saturated carbocycles. The number of hydrogen-bond donors (Lipinski definition) is 1. The Labute approximate surface area is 84.5 Å². The highest BCUT2D eigenvalue weighted by Crippen LogP contribution is 2.06. The maximum atomic E-state index is 11.2. The first kappa shape index (κ1) is 10.6. The van der Waals surface area contributed by atoms with E-state index in [0.717, 1.165) is 18.2 Å². The number of carbonyl (C=O) groups is 1. The Kier molecular flexibility index (Phi) is 4.05. The molecule has 14 heavy (non-hydrogen) atoms. The predicted octanol–water partition coefficient (Wildman–Crippen LogP) is 2.40. The largest absolute Gasteiger partial charge is 0.313 e. The molecule has 1 aromatic rings. The average Bonchev–Trinajstić information content (AvgIpc) is 2.19. The molecular weight excluding hydrogens is 174 g/mol. The highest BCUT2D eigenvalue weighted by molar-refractivity contribution is 5.91. The van der Waals surface area contributed by atoms with Gasteiger partial charge in [-0.3, -0.25) is 4.79 Å². The van der Waals surface area contributed by atoms with E-state index in [4.69, 9.17) is 5.41 Å². The maximum Gasteiger partial charge on any atom is 0.142 e. The minimum Gasteiger partial charge on any atom is -0.313 e. The summed E-state index contributed by atoms with van der Waals surface area (Å²) in [5.41, 5.74) is 2.32. The number of benzene rings is 1. The smallest absolute Gasteiger partial charge is 0.142 e. The lowest BCUT2D eigenvalue weighted by Crippen LogP contribution is -2.02. The van der Waals surface area contributed by atoms with Crippen molar-refractivity contribution in [2.75, 3.05) is 0 Å². The molecule has 0 heterocycles. The van der Waals surface area contributed by atoms with E-state index in [-0.39, 0.29) is 12.2 Å². The Morgan fingerprint density at radius 1 is 1.29 bits per heavy atom. The third-order valence-electron chi connectivity index (χ3n) is 2.16. The monoisotopic (exact) mass is 189 g/mol. The van der Waals surface area contributed by atoms with E-state index in [9.17, 15) is 4.79 Å². The van der Waals surface area contributed by atoms with E-state index in [1.807, 2.05) is 24.3 Å². The number of Topliss-reactive ketones (excluding diaryl/α,β-unsaturated/α-hetero) is 1. The van der Waals surface area contributed by atoms with E-state index in [2.05, 4.69) is 6.92 Å². The number of ketones is 1. The molecule has 1 N–H and O–H groups in total. The zero-order valence-electron chi connectivity index (χ0n) is 8.42. The van der Waals surface area contributed by atoms with Crippen molar-refractivity contribution >= 4 is 12.0 Å². The summed E-state index contributed by atoms with van der Waals surface area (Å²) in [4.78, 5) is 11.2. The summed E-state index contributed by atoms with van der Waals surface area (Å²) in [7, 11) is 0. The summed E-state index contributed by atoms with van der Waals surface area (Å²) in [6.07, 6.45) is 2.87. The molecule has 0 spiro atoms. The summed E-state index contributed by atoms with van der Waals surface area (Å²) in [5, 5.41) is 6.82. The lowest BCUT2D eigenvalue weighted by molar-refractivity contribution is -0.117. The van der Waals surface area contributed by atoms with Crippen molar-refractivity contribution in [3.05, 3.63) is 35.4 Å². The molecule has 0 bridgehead atoms. The fourth-order valence-corrected chi connectivity index (χ4v) is 1.31. The zero-order valence-corrected chi connectivity index (χ0v) is 8.42. The van der Waals surface area contributed by atoms with Crippen LogP contribution in [0.1, 0.15) is 24.5 Å². The fourth-order valence-electron chi connectivity index (χ4n) is 1.31. The van der Waals surface area contributed by atoms with E-state index < -0.39 is 0 Å². The summed E-state index contributed by atoms with van der Waals surface area (Å²) in [5.74, 6) is 0.101. The summed E-state index contributed by atoms with van der Waals surface area (Å²) < 4.78 is 0. The number of aryl methyl sites for hydroxylation is 1. The molecule has 0 amide bonds. The second-order valence-electron chi connectivity index (χ2n) is 3.29. The van der Waals surface area contributed by atoms with Crippen LogP contribution in [-0.2, 0) is 17.6 Å². The molecule has 0 aliphatic rings. The topological polar surface area (TPSA) is 40.9 Å². The molecule has 1 rings (SSSR count). The molecule has 0 unspecified atom stereocenters. The van der Waals surface area contributed by atoms with Gasteiger partial charge in [0.05, 0.1) is 0 Å². The van der Waals surface area contributed by atoms with Gasteiger partial charge in [0.15, 0.2) is 0 Å². The van der Waals surface area contributed by atoms with Crippen LogP contribution in [0.4, 0.5) is 0 Å². The van der Waals surface area contributed by atoms with Crippen LogP contribution < -0.4 is 0 Å². The second-order valence-corrected chi connectivity index (χ2v) is 3.29. The van der Waals surface area contributed by atoms with Gasteiger partial charge in [-0.1, -0.05) is 31.2 Å². The molecule has 0 fully saturated rings. The Morgan fingerprint density at radius 3 is 2.36 bits per heavy atom. The molecule has 0 aromatic heterocycles. The Balaban J connectivity index is 2.59. The third kappa shape index (κ3) is 3.13. The molecular formula is C12H15NO. The fraction of sp³-hybridized carbons (Fsp3) is 0.333. The lowest BCUT2D eigenvalue weighted by atomic mass is 10.0. The van der Waals surface area contributed by atoms with Crippen molar-refractivity contribution in [1.29, 1.82) is 5.41 Å². The number of carbonyl (C=O) groups excluding carboxylic acids is 1. The molecule has 2 nitrogen and oxygen atoms in total. The van der Waals surface area contributed by atoms with Crippen molar-refractivity contribution in [3.63, 3.8) is 0 Å². The number of nitrogens with one attached hydrogen (secondary N) is 1. The first-order valence-corrected chi connectivity index (χ1v) is 4.84. The van der Waals surface area contributed by atoms with Crippen molar-refractivity contribution in [2.45, 2.75) is 26.2 Å². The number of rotatable bonds is 5. The van der Waals surface area contributed by atoms with Gasteiger partial charge >= 0.3 is 0 Å². The van der Waals surface area contributed by atoms with Gasteiger partial charge in [0, 0.05) is 19.1 Å². The van der Waals surface area contributed by atoms with Crippen LogP contribution in [0.15, 0.2) is 24.3 Å². The van der Waals surface area contributed by atoms with Crippen molar-refractivity contribution < 1.29 is 4.79 Å². The van der Waals surface area contributed by atoms with Crippen LogP contribution in [-0.4, -0.2) is 12.0 Å². The van der Waals surface area contributed by atoms with E-state index >= 15 is 0 Å². The van der Waals surface area contributed by atoms with E-state index in [0.29, 0.717) is 6.42 Å². The average molecular weight is 189 g/mol.